The minimum Gasteiger partial charge on any atom is -0.372 e. The molecule has 2 aromatic rings. The third kappa shape index (κ3) is 2.55. The Morgan fingerprint density at radius 3 is 2.90 bits per heavy atom. The van der Waals surface area contributed by atoms with E-state index in [2.05, 4.69) is 33.9 Å². The second-order valence-electron chi connectivity index (χ2n) is 5.47. The van der Waals surface area contributed by atoms with Crippen LogP contribution in [0.25, 0.3) is 5.65 Å². The largest absolute Gasteiger partial charge is 0.372 e. The molecule has 1 unspecified atom stereocenters. The molecule has 2 aromatic heterocycles. The van der Waals surface area contributed by atoms with Crippen LogP contribution in [0.2, 0.25) is 0 Å². The first-order valence-electron chi connectivity index (χ1n) is 7.77. The van der Waals surface area contributed by atoms with E-state index in [0.29, 0.717) is 6.04 Å². The standard InChI is InChI=1S/C15H24N6/c1-4-19(5-2)12-6-8-20(10-12)15-14-17-7-9-21(14)11-13(16-3)18-15/h7,9,11-12,16H,4-6,8,10H2,1-3H3. The highest BCUT2D eigenvalue weighted by Gasteiger charge is 2.28. The molecule has 0 aliphatic carbocycles. The van der Waals surface area contributed by atoms with Gasteiger partial charge < -0.3 is 14.6 Å². The third-order valence-electron chi connectivity index (χ3n) is 4.40. The lowest BCUT2D eigenvalue weighted by molar-refractivity contribution is 0.232. The molecule has 0 bridgehead atoms. The number of nitrogens with zero attached hydrogens (tertiary/aromatic N) is 5. The second-order valence-corrected chi connectivity index (χ2v) is 5.47. The fourth-order valence-electron chi connectivity index (χ4n) is 3.22. The van der Waals surface area contributed by atoms with E-state index in [1.165, 1.54) is 6.42 Å². The van der Waals surface area contributed by atoms with Crippen LogP contribution < -0.4 is 10.2 Å². The summed E-state index contributed by atoms with van der Waals surface area (Å²) in [7, 11) is 1.90. The normalized spacial score (nSPS) is 18.9. The average Bonchev–Trinajstić information content (AvgIpc) is 3.16. The number of hydrogen-bond acceptors (Lipinski definition) is 5. The first-order valence-corrected chi connectivity index (χ1v) is 7.77. The maximum atomic E-state index is 4.73. The molecule has 6 nitrogen and oxygen atoms in total. The van der Waals surface area contributed by atoms with Gasteiger partial charge in [0, 0.05) is 38.6 Å². The van der Waals surface area contributed by atoms with Crippen molar-refractivity contribution in [2.45, 2.75) is 26.3 Å². The number of nitrogens with one attached hydrogen (secondary N) is 1. The van der Waals surface area contributed by atoms with Crippen LogP contribution in [0.5, 0.6) is 0 Å². The molecule has 1 saturated heterocycles. The van der Waals surface area contributed by atoms with Gasteiger partial charge in [0.25, 0.3) is 0 Å². The maximum absolute atomic E-state index is 4.73. The molecule has 0 aromatic carbocycles. The Kier molecular flexibility index (Phi) is 3.96. The lowest BCUT2D eigenvalue weighted by atomic mass is 10.2. The Balaban J connectivity index is 1.89. The molecule has 1 aliphatic rings. The van der Waals surface area contributed by atoms with Crippen LogP contribution in [0.3, 0.4) is 0 Å². The van der Waals surface area contributed by atoms with Gasteiger partial charge in [-0.3, -0.25) is 4.90 Å². The van der Waals surface area contributed by atoms with Gasteiger partial charge in [-0.05, 0) is 19.5 Å². The van der Waals surface area contributed by atoms with E-state index < -0.39 is 0 Å². The van der Waals surface area contributed by atoms with Gasteiger partial charge in [0.15, 0.2) is 11.5 Å². The SMILES string of the molecule is CCN(CC)C1CCN(c2nc(NC)cn3ccnc23)C1. The molecule has 0 spiro atoms. The van der Waals surface area contributed by atoms with Crippen molar-refractivity contribution < 1.29 is 0 Å². The number of aromatic nitrogens is 3. The van der Waals surface area contributed by atoms with Crippen LogP contribution in [0.4, 0.5) is 11.6 Å². The molecule has 0 amide bonds. The molecular weight excluding hydrogens is 264 g/mol. The molecule has 1 fully saturated rings. The van der Waals surface area contributed by atoms with Gasteiger partial charge in [-0.1, -0.05) is 13.8 Å². The summed E-state index contributed by atoms with van der Waals surface area (Å²) in [5.74, 6) is 1.86. The van der Waals surface area contributed by atoms with E-state index in [4.69, 9.17) is 4.98 Å². The van der Waals surface area contributed by atoms with Crippen LogP contribution in [0.15, 0.2) is 18.6 Å². The van der Waals surface area contributed by atoms with Crippen molar-refractivity contribution in [1.82, 2.24) is 19.3 Å². The molecule has 3 rings (SSSR count). The summed E-state index contributed by atoms with van der Waals surface area (Å²) in [6.45, 7) is 8.77. The number of anilines is 2. The van der Waals surface area contributed by atoms with Crippen molar-refractivity contribution in [2.24, 2.45) is 0 Å². The minimum absolute atomic E-state index is 0.620. The van der Waals surface area contributed by atoms with E-state index >= 15 is 0 Å². The van der Waals surface area contributed by atoms with Crippen LogP contribution in [-0.4, -0.2) is 58.5 Å². The molecule has 3 heterocycles. The monoisotopic (exact) mass is 288 g/mol. The van der Waals surface area contributed by atoms with Crippen molar-refractivity contribution in [3.63, 3.8) is 0 Å². The molecule has 1 N–H and O–H groups in total. The molecule has 6 heteroatoms. The van der Waals surface area contributed by atoms with Crippen LogP contribution in [-0.2, 0) is 0 Å². The maximum Gasteiger partial charge on any atom is 0.180 e. The van der Waals surface area contributed by atoms with Gasteiger partial charge in [-0.15, -0.1) is 0 Å². The van der Waals surface area contributed by atoms with E-state index in [-0.39, 0.29) is 0 Å². The predicted molar refractivity (Wildman–Crippen MR) is 86.1 cm³/mol. The van der Waals surface area contributed by atoms with E-state index in [1.807, 2.05) is 30.0 Å². The first-order chi connectivity index (χ1) is 10.3. The summed E-state index contributed by atoms with van der Waals surface area (Å²) < 4.78 is 2.04. The molecule has 0 saturated carbocycles. The van der Waals surface area contributed by atoms with E-state index in [1.54, 1.807) is 0 Å². The summed E-state index contributed by atoms with van der Waals surface area (Å²) in [6.07, 6.45) is 6.97. The zero-order valence-corrected chi connectivity index (χ0v) is 13.1. The van der Waals surface area contributed by atoms with Crippen molar-refractivity contribution in [3.05, 3.63) is 18.6 Å². The highest BCUT2D eigenvalue weighted by Crippen LogP contribution is 2.26. The van der Waals surface area contributed by atoms with Gasteiger partial charge in [0.05, 0.1) is 6.20 Å². The fourth-order valence-corrected chi connectivity index (χ4v) is 3.22. The van der Waals surface area contributed by atoms with Gasteiger partial charge in [-0.25, -0.2) is 9.97 Å². The summed E-state index contributed by atoms with van der Waals surface area (Å²) in [5, 5.41) is 3.13. The van der Waals surface area contributed by atoms with Crippen LogP contribution in [0.1, 0.15) is 20.3 Å². The number of rotatable bonds is 5. The number of likely N-dealkylation sites (N-methyl/N-ethyl adjacent to an activating group) is 1. The lowest BCUT2D eigenvalue weighted by Crippen LogP contribution is -2.37. The van der Waals surface area contributed by atoms with Crippen molar-refractivity contribution >= 4 is 17.3 Å². The fraction of sp³-hybridized carbons (Fsp3) is 0.600. The molecule has 21 heavy (non-hydrogen) atoms. The van der Waals surface area contributed by atoms with Crippen LogP contribution in [0, 0.1) is 0 Å². The second kappa shape index (κ2) is 5.89. The molecule has 114 valence electrons. The number of imidazole rings is 1. The number of fused-ring (bicyclic) bond motifs is 1. The van der Waals surface area contributed by atoms with Gasteiger partial charge in [-0.2, -0.15) is 0 Å². The highest BCUT2D eigenvalue weighted by molar-refractivity contribution is 5.67. The van der Waals surface area contributed by atoms with Crippen molar-refractivity contribution in [3.8, 4) is 0 Å². The summed E-state index contributed by atoms with van der Waals surface area (Å²) >= 11 is 0. The van der Waals surface area contributed by atoms with E-state index in [0.717, 1.165) is 43.5 Å². The summed E-state index contributed by atoms with van der Waals surface area (Å²) in [6, 6.07) is 0.620. The van der Waals surface area contributed by atoms with Crippen molar-refractivity contribution in [1.29, 1.82) is 0 Å². The molecule has 1 aliphatic heterocycles. The Morgan fingerprint density at radius 2 is 2.19 bits per heavy atom. The quantitative estimate of drug-likeness (QED) is 0.907. The third-order valence-corrected chi connectivity index (χ3v) is 4.40. The Hall–Kier alpha value is -1.82. The molecule has 0 radical (unpaired) electrons. The van der Waals surface area contributed by atoms with Crippen LogP contribution >= 0.6 is 0 Å². The minimum atomic E-state index is 0.620. The zero-order chi connectivity index (χ0) is 14.8. The number of hydrogen-bond donors (Lipinski definition) is 1. The topological polar surface area (TPSA) is 48.7 Å². The summed E-state index contributed by atoms with van der Waals surface area (Å²) in [5.41, 5.74) is 0.939. The average molecular weight is 288 g/mol. The summed E-state index contributed by atoms with van der Waals surface area (Å²) in [4.78, 5) is 14.1. The Morgan fingerprint density at radius 1 is 1.38 bits per heavy atom. The Labute approximate surface area is 125 Å². The van der Waals surface area contributed by atoms with E-state index in [9.17, 15) is 0 Å². The highest BCUT2D eigenvalue weighted by atomic mass is 15.3. The molecule has 1 atom stereocenters. The first kappa shape index (κ1) is 14.1. The van der Waals surface area contributed by atoms with Crippen molar-refractivity contribution in [2.75, 3.05) is 43.4 Å². The smallest absolute Gasteiger partial charge is 0.180 e. The zero-order valence-electron chi connectivity index (χ0n) is 13.1. The predicted octanol–water partition coefficient (Wildman–Crippen LogP) is 1.69. The van der Waals surface area contributed by atoms with Gasteiger partial charge in [0.1, 0.15) is 5.82 Å². The lowest BCUT2D eigenvalue weighted by Gasteiger charge is -2.26. The van der Waals surface area contributed by atoms with Gasteiger partial charge >= 0.3 is 0 Å². The Bertz CT molecular complexity index is 603. The van der Waals surface area contributed by atoms with Gasteiger partial charge in [0.2, 0.25) is 0 Å². The molecular formula is C15H24N6.